The molecule has 0 aromatic carbocycles. The second-order valence-corrected chi connectivity index (χ2v) is 8.02. The van der Waals surface area contributed by atoms with Gasteiger partial charge in [-0.3, -0.25) is 9.11 Å². The predicted molar refractivity (Wildman–Crippen MR) is 41.1 cm³/mol. The average Bonchev–Trinajstić information content (AvgIpc) is 1.19. The molecule has 0 aromatic rings. The second-order valence-electron chi connectivity index (χ2n) is 0.695. The van der Waals surface area contributed by atoms with Gasteiger partial charge in [-0.05, 0) is 0 Å². The quantitative estimate of drug-likeness (QED) is 0.473. The Hall–Kier alpha value is 1.23. The van der Waals surface area contributed by atoms with Crippen molar-refractivity contribution in [3.05, 3.63) is 0 Å². The molecular weight excluding hydrogens is 245 g/mol. The molecule has 0 atom stereocenters. The van der Waals surface area contributed by atoms with Gasteiger partial charge in [0.05, 0.1) is 0 Å². The van der Waals surface area contributed by atoms with Gasteiger partial charge in [0.1, 0.15) is 0 Å². The Balaban J connectivity index is -0.0000000910. The number of hydrogen-bond donors (Lipinski definition) is 2. The molecule has 0 fully saturated rings. The summed E-state index contributed by atoms with van der Waals surface area (Å²) in [4.78, 5) is 0. The van der Waals surface area contributed by atoms with E-state index in [1.165, 1.54) is 0 Å². The summed E-state index contributed by atoms with van der Waals surface area (Å²) < 4.78 is 31.6. The zero-order valence-corrected chi connectivity index (χ0v) is 8.57. The normalized spacial score (nSPS) is 8.50. The van der Waals surface area contributed by atoms with Gasteiger partial charge in [-0.2, -0.15) is 8.42 Å². The van der Waals surface area contributed by atoms with Crippen LogP contribution in [0.1, 0.15) is 0 Å². The minimum Gasteiger partial charge on any atom is -0.412 e. The van der Waals surface area contributed by atoms with Crippen molar-refractivity contribution in [1.82, 2.24) is 0 Å². The molecular formula is H4AlCl3O5S. The van der Waals surface area contributed by atoms with Crippen molar-refractivity contribution in [3.63, 3.8) is 0 Å². The predicted octanol–water partition coefficient (Wildman–Crippen LogP) is 0.210. The maximum absolute atomic E-state index is 8.74. The molecule has 0 aliphatic heterocycles. The van der Waals surface area contributed by atoms with Crippen LogP contribution in [0.2, 0.25) is 0 Å². The molecule has 4 N–H and O–H groups in total. The van der Waals surface area contributed by atoms with Gasteiger partial charge in [0, 0.05) is 0 Å². The Bertz CT molecular complexity index is 128. The Kier molecular flexibility index (Phi) is 14.5. The number of rotatable bonds is 0. The monoisotopic (exact) mass is 248 g/mol. The molecule has 64 valence electrons. The summed E-state index contributed by atoms with van der Waals surface area (Å²) >= 11 is -1.72. The standard InChI is InChI=1S/Al.3ClH.H2O4S.H2O/c;;;;1-5(2,3)4;/h;3*1H;(H2,1,2,3,4);1H2/q+3;;;;;/p-3. The highest BCUT2D eigenvalue weighted by Gasteiger charge is 2.00. The van der Waals surface area contributed by atoms with Crippen LogP contribution in [0.15, 0.2) is 0 Å². The summed E-state index contributed by atoms with van der Waals surface area (Å²) in [6.07, 6.45) is 0. The van der Waals surface area contributed by atoms with Crippen LogP contribution < -0.4 is 0 Å². The molecule has 10 heteroatoms. The zero-order chi connectivity index (χ0) is 8.08. The number of halogens is 3. The summed E-state index contributed by atoms with van der Waals surface area (Å²) in [5.74, 6) is 0. The van der Waals surface area contributed by atoms with Crippen molar-refractivity contribution in [2.24, 2.45) is 0 Å². The van der Waals surface area contributed by atoms with E-state index in [2.05, 4.69) is 0 Å². The molecule has 10 heavy (non-hydrogen) atoms. The van der Waals surface area contributed by atoms with E-state index in [4.69, 9.17) is 47.7 Å². The van der Waals surface area contributed by atoms with E-state index in [0.29, 0.717) is 0 Å². The van der Waals surface area contributed by atoms with Gasteiger partial charge in [-0.15, -0.1) is 0 Å². The fraction of sp³-hybridized carbons (Fsp3) is 0. The molecule has 0 heterocycles. The third kappa shape index (κ3) is 412. The highest BCUT2D eigenvalue weighted by Crippen LogP contribution is 1.97. The lowest BCUT2D eigenvalue weighted by Crippen LogP contribution is -1.89. The first-order chi connectivity index (χ1) is 3.73. The topological polar surface area (TPSA) is 106 Å². The minimum absolute atomic E-state index is 0. The highest BCUT2D eigenvalue weighted by molar-refractivity contribution is 7.79. The SMILES string of the molecule is O.O=S(=O)(O)O.[Cl][Al]([Cl])[Cl]. The third-order valence-corrected chi connectivity index (χ3v) is 0. The van der Waals surface area contributed by atoms with Gasteiger partial charge in [0.15, 0.2) is 0 Å². The van der Waals surface area contributed by atoms with E-state index < -0.39 is 21.8 Å². The second kappa shape index (κ2) is 8.33. The van der Waals surface area contributed by atoms with Crippen molar-refractivity contribution in [3.8, 4) is 0 Å². The summed E-state index contributed by atoms with van der Waals surface area (Å²) in [7, 11) is 10.2. The Labute approximate surface area is 74.8 Å². The molecule has 0 aliphatic carbocycles. The molecule has 0 unspecified atom stereocenters. The lowest BCUT2D eigenvalue weighted by molar-refractivity contribution is 0.381. The third-order valence-electron chi connectivity index (χ3n) is 0. The molecule has 0 spiro atoms. The first-order valence-electron chi connectivity index (χ1n) is 1.35. The largest absolute Gasteiger partial charge is 0.643 e. The molecule has 0 aromatic heterocycles. The van der Waals surface area contributed by atoms with E-state index in [1.54, 1.807) is 0 Å². The molecule has 0 radical (unpaired) electrons. The van der Waals surface area contributed by atoms with Crippen LogP contribution in [-0.4, -0.2) is 34.4 Å². The van der Waals surface area contributed by atoms with E-state index in [0.717, 1.165) is 0 Å². The van der Waals surface area contributed by atoms with Gasteiger partial charge in [-0.1, -0.05) is 0 Å². The van der Waals surface area contributed by atoms with Gasteiger partial charge in [-0.25, -0.2) is 30.1 Å². The van der Waals surface area contributed by atoms with E-state index >= 15 is 0 Å². The molecule has 5 nitrogen and oxygen atoms in total. The molecule has 0 saturated heterocycles. The first-order valence-corrected chi connectivity index (χ1v) is 7.99. The smallest absolute Gasteiger partial charge is 0.412 e. The molecule has 0 saturated carbocycles. The van der Waals surface area contributed by atoms with Crippen molar-refractivity contribution in [1.29, 1.82) is 0 Å². The van der Waals surface area contributed by atoms with Crippen LogP contribution in [0, 0.1) is 0 Å². The molecule has 0 amide bonds. The highest BCUT2D eigenvalue weighted by atomic mass is 35.8. The lowest BCUT2D eigenvalue weighted by Gasteiger charge is -1.68. The molecule has 0 bridgehead atoms. The fourth-order valence-electron chi connectivity index (χ4n) is 0. The maximum atomic E-state index is 8.74. The minimum atomic E-state index is -4.67. The lowest BCUT2D eigenvalue weighted by atomic mass is 15.8. The van der Waals surface area contributed by atoms with Crippen molar-refractivity contribution in [2.45, 2.75) is 0 Å². The summed E-state index contributed by atoms with van der Waals surface area (Å²) in [5, 5.41) is 0. The summed E-state index contributed by atoms with van der Waals surface area (Å²) in [5.41, 5.74) is 0. The molecule has 0 rings (SSSR count). The first kappa shape index (κ1) is 17.4. The summed E-state index contributed by atoms with van der Waals surface area (Å²) in [6.45, 7) is 0. The van der Waals surface area contributed by atoms with Crippen LogP contribution in [0.25, 0.3) is 0 Å². The van der Waals surface area contributed by atoms with E-state index in [-0.39, 0.29) is 5.48 Å². The van der Waals surface area contributed by atoms with Crippen LogP contribution >= 0.6 is 30.1 Å². The Morgan fingerprint density at radius 3 is 1.10 bits per heavy atom. The average molecular weight is 249 g/mol. The van der Waals surface area contributed by atoms with E-state index in [9.17, 15) is 0 Å². The Morgan fingerprint density at radius 1 is 1.10 bits per heavy atom. The van der Waals surface area contributed by atoms with Gasteiger partial charge in [0.25, 0.3) is 0 Å². The van der Waals surface area contributed by atoms with Crippen LogP contribution in [0.3, 0.4) is 0 Å². The summed E-state index contributed by atoms with van der Waals surface area (Å²) in [6, 6.07) is 0. The Morgan fingerprint density at radius 2 is 1.10 bits per heavy atom. The van der Waals surface area contributed by atoms with Gasteiger partial charge >= 0.3 is 21.8 Å². The number of hydrogen-bond acceptors (Lipinski definition) is 2. The fourth-order valence-corrected chi connectivity index (χ4v) is 0. The maximum Gasteiger partial charge on any atom is 0.643 e. The van der Waals surface area contributed by atoms with Crippen molar-refractivity contribution in [2.75, 3.05) is 0 Å². The zero-order valence-electron chi connectivity index (χ0n) is 4.33. The van der Waals surface area contributed by atoms with Crippen LogP contribution in [-0.2, 0) is 10.4 Å². The van der Waals surface area contributed by atoms with Crippen molar-refractivity contribution < 1.29 is 23.0 Å². The van der Waals surface area contributed by atoms with Crippen molar-refractivity contribution >= 4 is 51.9 Å². The van der Waals surface area contributed by atoms with E-state index in [1.807, 2.05) is 0 Å². The molecule has 0 aliphatic rings. The van der Waals surface area contributed by atoms with Gasteiger partial charge in [0.2, 0.25) is 0 Å². The van der Waals surface area contributed by atoms with Crippen LogP contribution in [0.5, 0.6) is 0 Å². The van der Waals surface area contributed by atoms with Crippen LogP contribution in [0.4, 0.5) is 0 Å². The van der Waals surface area contributed by atoms with Gasteiger partial charge < -0.3 is 5.48 Å².